The summed E-state index contributed by atoms with van der Waals surface area (Å²) in [5.41, 5.74) is 7.35. The number of carbonyl (C=O) groups is 4. The quantitative estimate of drug-likeness (QED) is 0.185. The van der Waals surface area contributed by atoms with Gasteiger partial charge >= 0.3 is 5.97 Å². The zero-order valence-electron chi connectivity index (χ0n) is 29.3. The van der Waals surface area contributed by atoms with Gasteiger partial charge in [-0.15, -0.1) is 0 Å². The Morgan fingerprint density at radius 3 is 2.12 bits per heavy atom. The first-order chi connectivity index (χ1) is 24.3. The summed E-state index contributed by atoms with van der Waals surface area (Å²) in [5.74, 6) is -3.09. The molecule has 1 aromatic heterocycles. The van der Waals surface area contributed by atoms with Crippen molar-refractivity contribution < 1.29 is 23.9 Å². The lowest BCUT2D eigenvalue weighted by atomic mass is 9.76. The lowest BCUT2D eigenvalue weighted by Crippen LogP contribution is -2.63. The van der Waals surface area contributed by atoms with Gasteiger partial charge < -0.3 is 20.4 Å². The fourth-order valence-electron chi connectivity index (χ4n) is 6.87. The number of nitrogens with one attached hydrogen (secondary N) is 1. The van der Waals surface area contributed by atoms with E-state index in [2.05, 4.69) is 5.32 Å². The Labute approximate surface area is 296 Å². The Balaban J connectivity index is 1.54. The Kier molecular flexibility index (Phi) is 9.36. The summed E-state index contributed by atoms with van der Waals surface area (Å²) in [6.45, 7) is 8.74. The van der Waals surface area contributed by atoms with Crippen molar-refractivity contribution in [3.05, 3.63) is 138 Å². The summed E-state index contributed by atoms with van der Waals surface area (Å²) < 4.78 is 7.17. The number of hydrogen-bond donors (Lipinski definition) is 2. The molecule has 5 aromatic rings. The molecule has 3 amide bonds. The van der Waals surface area contributed by atoms with Crippen molar-refractivity contribution in [3.8, 4) is 0 Å². The number of fused-ring (bicyclic) bond motifs is 2. The van der Waals surface area contributed by atoms with Crippen LogP contribution in [0.5, 0.6) is 0 Å². The van der Waals surface area contributed by atoms with Crippen LogP contribution in [-0.2, 0) is 31.2 Å². The van der Waals surface area contributed by atoms with Gasteiger partial charge in [-0.2, -0.15) is 0 Å². The van der Waals surface area contributed by atoms with Crippen LogP contribution in [0.2, 0.25) is 0 Å². The fourth-order valence-corrected chi connectivity index (χ4v) is 6.87. The van der Waals surface area contributed by atoms with Gasteiger partial charge in [0.2, 0.25) is 12.1 Å². The number of nitrogens with zero attached hydrogens (tertiary/aromatic N) is 3. The second-order valence-electron chi connectivity index (χ2n) is 13.8. The van der Waals surface area contributed by atoms with Gasteiger partial charge in [0.15, 0.2) is 5.54 Å². The number of para-hydroxylation sites is 2. The van der Waals surface area contributed by atoms with Gasteiger partial charge in [-0.1, -0.05) is 111 Å². The topological polar surface area (TPSA) is 136 Å². The standard InChI is InChI=1S/C41H41N5O5/c1-26(2)41(39(42)50,29-19-10-7-11-20-29)46-32-23-15-13-21-30(32)35(27-16-8-6-9-17-27)43-36(38(46)49)44-37(48)33-24-28-18-12-14-22-31(28)45(33)25-34(47)51-40(3,4)5/h6-24,26,36H,25H2,1-5H3,(H2,42,50)(H,44,48). The number of aromatic nitrogens is 1. The number of benzene rings is 4. The molecular weight excluding hydrogens is 642 g/mol. The maximum absolute atomic E-state index is 15.2. The van der Waals surface area contributed by atoms with E-state index in [1.54, 1.807) is 73.9 Å². The first kappa shape index (κ1) is 34.8. The summed E-state index contributed by atoms with van der Waals surface area (Å²) in [6, 6.07) is 34.4. The number of nitrogens with two attached hydrogens (primary N) is 1. The largest absolute Gasteiger partial charge is 0.459 e. The van der Waals surface area contributed by atoms with Crippen molar-refractivity contribution in [1.82, 2.24) is 9.88 Å². The second-order valence-corrected chi connectivity index (χ2v) is 13.8. The van der Waals surface area contributed by atoms with Crippen LogP contribution >= 0.6 is 0 Å². The number of amides is 3. The zero-order chi connectivity index (χ0) is 36.5. The van der Waals surface area contributed by atoms with E-state index in [1.165, 1.54) is 4.90 Å². The highest BCUT2D eigenvalue weighted by Gasteiger charge is 2.53. The van der Waals surface area contributed by atoms with E-state index in [-0.39, 0.29) is 12.2 Å². The van der Waals surface area contributed by atoms with E-state index in [0.717, 1.165) is 5.39 Å². The van der Waals surface area contributed by atoms with Crippen molar-refractivity contribution in [2.75, 3.05) is 4.90 Å². The average molecular weight is 684 g/mol. The van der Waals surface area contributed by atoms with E-state index in [1.807, 2.05) is 80.6 Å². The summed E-state index contributed by atoms with van der Waals surface area (Å²) in [6.07, 6.45) is -1.51. The number of benzodiazepines with no additional fused rings is 1. The Bertz CT molecular complexity index is 2150. The van der Waals surface area contributed by atoms with Gasteiger partial charge in [0, 0.05) is 22.0 Å². The van der Waals surface area contributed by atoms with Crippen LogP contribution in [0.15, 0.2) is 120 Å². The van der Waals surface area contributed by atoms with Gasteiger partial charge in [-0.25, -0.2) is 4.99 Å². The molecule has 3 N–H and O–H groups in total. The first-order valence-corrected chi connectivity index (χ1v) is 16.9. The molecule has 1 aliphatic rings. The number of carbonyl (C=O) groups excluding carboxylic acids is 4. The van der Waals surface area contributed by atoms with E-state index < -0.39 is 46.9 Å². The third-order valence-electron chi connectivity index (χ3n) is 8.96. The monoisotopic (exact) mass is 683 g/mol. The molecule has 2 unspecified atom stereocenters. The highest BCUT2D eigenvalue weighted by atomic mass is 16.6. The molecule has 2 atom stereocenters. The van der Waals surface area contributed by atoms with Gasteiger partial charge in [-0.3, -0.25) is 24.1 Å². The smallest absolute Gasteiger partial charge is 0.326 e. The summed E-state index contributed by atoms with van der Waals surface area (Å²) in [4.78, 5) is 63.0. The van der Waals surface area contributed by atoms with E-state index >= 15 is 4.79 Å². The summed E-state index contributed by atoms with van der Waals surface area (Å²) >= 11 is 0. The number of rotatable bonds is 9. The molecule has 0 saturated heterocycles. The first-order valence-electron chi connectivity index (χ1n) is 16.9. The molecule has 51 heavy (non-hydrogen) atoms. The van der Waals surface area contributed by atoms with Crippen LogP contribution < -0.4 is 16.0 Å². The van der Waals surface area contributed by atoms with E-state index in [0.29, 0.717) is 33.6 Å². The molecular formula is C41H41N5O5. The van der Waals surface area contributed by atoms with Crippen molar-refractivity contribution >= 4 is 46.0 Å². The minimum Gasteiger partial charge on any atom is -0.459 e. The number of esters is 1. The molecule has 0 aliphatic carbocycles. The van der Waals surface area contributed by atoms with Crippen LogP contribution in [0.4, 0.5) is 5.69 Å². The molecule has 10 heteroatoms. The van der Waals surface area contributed by atoms with Crippen LogP contribution in [0.25, 0.3) is 10.9 Å². The maximum Gasteiger partial charge on any atom is 0.326 e. The number of anilines is 1. The minimum absolute atomic E-state index is 0.132. The summed E-state index contributed by atoms with van der Waals surface area (Å²) in [7, 11) is 0. The third-order valence-corrected chi connectivity index (χ3v) is 8.96. The number of primary amides is 1. The third kappa shape index (κ3) is 6.52. The molecule has 0 radical (unpaired) electrons. The molecule has 4 aromatic carbocycles. The van der Waals surface area contributed by atoms with Crippen molar-refractivity contribution in [3.63, 3.8) is 0 Å². The van der Waals surface area contributed by atoms with Gasteiger partial charge in [0.25, 0.3) is 11.8 Å². The Hall–Kier alpha value is -6.03. The highest BCUT2D eigenvalue weighted by Crippen LogP contribution is 2.43. The van der Waals surface area contributed by atoms with Gasteiger partial charge in [0.05, 0.1) is 11.4 Å². The normalized spacial score (nSPS) is 15.8. The predicted octanol–water partition coefficient (Wildman–Crippen LogP) is 5.96. The highest BCUT2D eigenvalue weighted by molar-refractivity contribution is 6.22. The second kappa shape index (κ2) is 13.7. The van der Waals surface area contributed by atoms with Crippen LogP contribution in [0.3, 0.4) is 0 Å². The molecule has 0 spiro atoms. The molecule has 0 saturated carbocycles. The lowest BCUT2D eigenvalue weighted by molar-refractivity contribution is -0.155. The van der Waals surface area contributed by atoms with Gasteiger partial charge in [0.1, 0.15) is 17.8 Å². The molecule has 10 nitrogen and oxygen atoms in total. The predicted molar refractivity (Wildman–Crippen MR) is 197 cm³/mol. The molecule has 2 heterocycles. The molecule has 0 fully saturated rings. The summed E-state index contributed by atoms with van der Waals surface area (Å²) in [5, 5.41) is 3.59. The van der Waals surface area contributed by atoms with Crippen LogP contribution in [-0.4, -0.2) is 45.7 Å². The van der Waals surface area contributed by atoms with Crippen molar-refractivity contribution in [2.45, 2.75) is 58.5 Å². The van der Waals surface area contributed by atoms with Crippen LogP contribution in [0.1, 0.15) is 61.8 Å². The zero-order valence-corrected chi connectivity index (χ0v) is 29.3. The number of aliphatic imine (C=N–C) groups is 1. The van der Waals surface area contributed by atoms with Crippen LogP contribution in [0, 0.1) is 5.92 Å². The molecule has 260 valence electrons. The Morgan fingerprint density at radius 1 is 0.863 bits per heavy atom. The molecule has 1 aliphatic heterocycles. The maximum atomic E-state index is 15.2. The molecule has 6 rings (SSSR count). The minimum atomic E-state index is -1.68. The fraction of sp³-hybridized carbons (Fsp3) is 0.244. The number of ether oxygens (including phenoxy) is 1. The molecule has 0 bridgehead atoms. The number of hydrogen-bond acceptors (Lipinski definition) is 6. The lowest BCUT2D eigenvalue weighted by Gasteiger charge is -2.45. The van der Waals surface area contributed by atoms with E-state index in [9.17, 15) is 14.4 Å². The van der Waals surface area contributed by atoms with Crippen molar-refractivity contribution in [2.24, 2.45) is 16.6 Å². The van der Waals surface area contributed by atoms with Crippen molar-refractivity contribution in [1.29, 1.82) is 0 Å². The van der Waals surface area contributed by atoms with Gasteiger partial charge in [-0.05, 0) is 50.5 Å². The average Bonchev–Trinajstić information content (AvgIpc) is 3.40. The SMILES string of the molecule is CC(C)C(C(N)=O)(c1ccccc1)N1C(=O)C(NC(=O)c2cc3ccccc3n2CC(=O)OC(C)(C)C)N=C(c2ccccc2)c2ccccc21. The van der Waals surface area contributed by atoms with E-state index in [4.69, 9.17) is 15.5 Å². The Morgan fingerprint density at radius 2 is 1.47 bits per heavy atom.